The van der Waals surface area contributed by atoms with Crippen molar-refractivity contribution in [2.45, 2.75) is 26.2 Å². The van der Waals surface area contributed by atoms with E-state index in [0.29, 0.717) is 17.3 Å². The fraction of sp³-hybridized carbons (Fsp3) is 0.571. The van der Waals surface area contributed by atoms with E-state index in [0.717, 1.165) is 18.0 Å². The molecule has 0 spiro atoms. The highest BCUT2D eigenvalue weighted by molar-refractivity contribution is 7.99. The van der Waals surface area contributed by atoms with Crippen LogP contribution in [0.5, 0.6) is 0 Å². The molecular weight excluding hydrogens is 258 g/mol. The summed E-state index contributed by atoms with van der Waals surface area (Å²) < 4.78 is 0. The fourth-order valence-corrected chi connectivity index (χ4v) is 3.37. The summed E-state index contributed by atoms with van der Waals surface area (Å²) in [6, 6.07) is 3.48. The predicted octanol–water partition coefficient (Wildman–Crippen LogP) is 2.27. The normalized spacial score (nSPS) is 18.8. The van der Waals surface area contributed by atoms with Crippen LogP contribution in [0.2, 0.25) is 0 Å². The second kappa shape index (κ2) is 6.28. The first-order chi connectivity index (χ1) is 9.06. The number of thioether (sulfide) groups is 1. The number of carbonyl (C=O) groups excluding carboxylic acids is 1. The summed E-state index contributed by atoms with van der Waals surface area (Å²) in [5.74, 6) is 3.59. The van der Waals surface area contributed by atoms with E-state index in [4.69, 9.17) is 5.73 Å². The number of hydrogen-bond acceptors (Lipinski definition) is 4. The molecule has 3 N–H and O–H groups in total. The number of rotatable bonds is 4. The van der Waals surface area contributed by atoms with Crippen LogP contribution in [0.4, 0.5) is 5.82 Å². The Morgan fingerprint density at radius 2 is 2.37 bits per heavy atom. The first kappa shape index (κ1) is 14.2. The maximum absolute atomic E-state index is 12.1. The summed E-state index contributed by atoms with van der Waals surface area (Å²) in [6.45, 7) is 4.84. The zero-order chi connectivity index (χ0) is 13.8. The van der Waals surface area contributed by atoms with Crippen molar-refractivity contribution in [1.29, 1.82) is 0 Å². The van der Waals surface area contributed by atoms with Gasteiger partial charge in [0.05, 0.1) is 0 Å². The Bertz CT molecular complexity index is 456. The summed E-state index contributed by atoms with van der Waals surface area (Å²) in [4.78, 5) is 16.4. The molecule has 5 heteroatoms. The Hall–Kier alpha value is -1.23. The van der Waals surface area contributed by atoms with Gasteiger partial charge in [0.15, 0.2) is 0 Å². The van der Waals surface area contributed by atoms with Crippen molar-refractivity contribution in [3.05, 3.63) is 23.4 Å². The van der Waals surface area contributed by atoms with Gasteiger partial charge in [0, 0.05) is 17.8 Å². The average Bonchev–Trinajstić information content (AvgIpc) is 2.88. The van der Waals surface area contributed by atoms with Crippen LogP contribution < -0.4 is 11.1 Å². The molecule has 4 nitrogen and oxygen atoms in total. The van der Waals surface area contributed by atoms with Crippen molar-refractivity contribution in [1.82, 2.24) is 10.3 Å². The first-order valence-electron chi connectivity index (χ1n) is 6.69. The third-order valence-electron chi connectivity index (χ3n) is 3.29. The Morgan fingerprint density at radius 1 is 1.58 bits per heavy atom. The molecule has 1 aliphatic rings. The van der Waals surface area contributed by atoms with E-state index in [1.165, 1.54) is 12.2 Å². The number of carbonyl (C=O) groups is 1. The molecule has 104 valence electrons. The van der Waals surface area contributed by atoms with Crippen LogP contribution >= 0.6 is 11.8 Å². The molecule has 1 fully saturated rings. The van der Waals surface area contributed by atoms with Crippen molar-refractivity contribution in [3.63, 3.8) is 0 Å². The molecule has 0 aromatic carbocycles. The minimum Gasteiger partial charge on any atom is -0.384 e. The van der Waals surface area contributed by atoms with Gasteiger partial charge in [0.1, 0.15) is 5.82 Å². The van der Waals surface area contributed by atoms with Crippen molar-refractivity contribution < 1.29 is 4.79 Å². The third kappa shape index (κ3) is 3.86. The van der Waals surface area contributed by atoms with Gasteiger partial charge in [0.2, 0.25) is 0 Å². The molecule has 2 heterocycles. The lowest BCUT2D eigenvalue weighted by Crippen LogP contribution is -2.29. The highest BCUT2D eigenvalue weighted by Crippen LogP contribution is 2.22. The second-order valence-corrected chi connectivity index (χ2v) is 6.45. The molecule has 0 bridgehead atoms. The highest BCUT2D eigenvalue weighted by Gasteiger charge is 2.17. The highest BCUT2D eigenvalue weighted by atomic mass is 32.2. The maximum atomic E-state index is 12.1. The number of nitrogens with zero attached hydrogens (tertiary/aromatic N) is 1. The molecular formula is C14H21N3OS. The van der Waals surface area contributed by atoms with E-state index in [-0.39, 0.29) is 11.8 Å². The smallest absolute Gasteiger partial charge is 0.251 e. The quantitative estimate of drug-likeness (QED) is 0.887. The lowest BCUT2D eigenvalue weighted by atomic mass is 10.1. The predicted molar refractivity (Wildman–Crippen MR) is 80.5 cm³/mol. The summed E-state index contributed by atoms with van der Waals surface area (Å²) in [6.07, 6.45) is 1.20. The monoisotopic (exact) mass is 279 g/mol. The summed E-state index contributed by atoms with van der Waals surface area (Å²) in [5.41, 5.74) is 7.23. The summed E-state index contributed by atoms with van der Waals surface area (Å²) in [7, 11) is 0. The lowest BCUT2D eigenvalue weighted by Gasteiger charge is -2.12. The molecule has 0 saturated carbocycles. The number of hydrogen-bond donors (Lipinski definition) is 2. The van der Waals surface area contributed by atoms with Crippen LogP contribution in [0.1, 0.15) is 42.2 Å². The van der Waals surface area contributed by atoms with Crippen LogP contribution in [0.15, 0.2) is 12.1 Å². The van der Waals surface area contributed by atoms with Gasteiger partial charge in [-0.2, -0.15) is 11.8 Å². The van der Waals surface area contributed by atoms with E-state index in [1.807, 2.05) is 31.7 Å². The molecule has 1 saturated heterocycles. The molecule has 1 aromatic rings. The van der Waals surface area contributed by atoms with Crippen LogP contribution in [-0.2, 0) is 0 Å². The topological polar surface area (TPSA) is 68.0 Å². The number of pyridine rings is 1. The Balaban J connectivity index is 2.01. The van der Waals surface area contributed by atoms with E-state index < -0.39 is 0 Å². The van der Waals surface area contributed by atoms with Gasteiger partial charge in [0.25, 0.3) is 5.91 Å². The largest absolute Gasteiger partial charge is 0.384 e. The standard InChI is InChI=1S/C14H21N3OS/c1-9(2)12-5-11(6-13(15)17-12)14(18)16-7-10-3-4-19-8-10/h5-6,9-10H,3-4,7-8H2,1-2H3,(H2,15,17)(H,16,18). The van der Waals surface area contributed by atoms with Gasteiger partial charge < -0.3 is 11.1 Å². The fourth-order valence-electron chi connectivity index (χ4n) is 2.08. The molecule has 0 aliphatic carbocycles. The van der Waals surface area contributed by atoms with Crippen LogP contribution in [0, 0.1) is 5.92 Å². The lowest BCUT2D eigenvalue weighted by molar-refractivity contribution is 0.0948. The van der Waals surface area contributed by atoms with Gasteiger partial charge in [-0.1, -0.05) is 13.8 Å². The van der Waals surface area contributed by atoms with Crippen molar-refractivity contribution in [2.24, 2.45) is 5.92 Å². The van der Waals surface area contributed by atoms with Gasteiger partial charge in [-0.25, -0.2) is 4.98 Å². The van der Waals surface area contributed by atoms with E-state index in [9.17, 15) is 4.79 Å². The van der Waals surface area contributed by atoms with Crippen molar-refractivity contribution >= 4 is 23.5 Å². The van der Waals surface area contributed by atoms with Crippen LogP contribution in [0.25, 0.3) is 0 Å². The number of nitrogen functional groups attached to an aromatic ring is 1. The van der Waals surface area contributed by atoms with E-state index >= 15 is 0 Å². The molecule has 1 aromatic heterocycles. The van der Waals surface area contributed by atoms with Gasteiger partial charge >= 0.3 is 0 Å². The molecule has 19 heavy (non-hydrogen) atoms. The minimum atomic E-state index is -0.0482. The Kier molecular flexibility index (Phi) is 4.69. The van der Waals surface area contributed by atoms with Gasteiger partial charge in [-0.05, 0) is 41.9 Å². The van der Waals surface area contributed by atoms with Crippen LogP contribution in [-0.4, -0.2) is 28.9 Å². The SMILES string of the molecule is CC(C)c1cc(C(=O)NCC2CCSC2)cc(N)n1. The Morgan fingerprint density at radius 3 is 3.00 bits per heavy atom. The molecule has 1 aliphatic heterocycles. The number of anilines is 1. The summed E-state index contributed by atoms with van der Waals surface area (Å²) >= 11 is 1.96. The first-order valence-corrected chi connectivity index (χ1v) is 7.85. The van der Waals surface area contributed by atoms with Crippen LogP contribution in [0.3, 0.4) is 0 Å². The second-order valence-electron chi connectivity index (χ2n) is 5.30. The van der Waals surface area contributed by atoms with Crippen molar-refractivity contribution in [2.75, 3.05) is 23.8 Å². The zero-order valence-corrected chi connectivity index (χ0v) is 12.3. The van der Waals surface area contributed by atoms with E-state index in [2.05, 4.69) is 10.3 Å². The Labute approximate surface area is 118 Å². The number of nitrogens with one attached hydrogen (secondary N) is 1. The minimum absolute atomic E-state index is 0.0482. The van der Waals surface area contributed by atoms with Gasteiger partial charge in [-0.3, -0.25) is 4.79 Å². The third-order valence-corrected chi connectivity index (χ3v) is 4.53. The molecule has 0 radical (unpaired) electrons. The van der Waals surface area contributed by atoms with E-state index in [1.54, 1.807) is 6.07 Å². The van der Waals surface area contributed by atoms with Crippen molar-refractivity contribution in [3.8, 4) is 0 Å². The molecule has 1 amide bonds. The number of aromatic nitrogens is 1. The van der Waals surface area contributed by atoms with Gasteiger partial charge in [-0.15, -0.1) is 0 Å². The maximum Gasteiger partial charge on any atom is 0.251 e. The molecule has 1 unspecified atom stereocenters. The summed E-state index contributed by atoms with van der Waals surface area (Å²) in [5, 5.41) is 3.00. The zero-order valence-electron chi connectivity index (χ0n) is 11.5. The number of amides is 1. The number of nitrogens with two attached hydrogens (primary N) is 1. The molecule has 2 rings (SSSR count). The average molecular weight is 279 g/mol. The molecule has 1 atom stereocenters.